The molecule has 0 aliphatic carbocycles. The summed E-state index contributed by atoms with van der Waals surface area (Å²) < 4.78 is 35.6. The van der Waals surface area contributed by atoms with Gasteiger partial charge in [0.2, 0.25) is 0 Å². The van der Waals surface area contributed by atoms with Gasteiger partial charge >= 0.3 is 0 Å². The highest BCUT2D eigenvalue weighted by Gasteiger charge is 2.25. The number of rotatable bonds is 6. The third kappa shape index (κ3) is 5.14. The van der Waals surface area contributed by atoms with E-state index in [0.29, 0.717) is 11.0 Å². The second-order valence-corrected chi connectivity index (χ2v) is 17.2. The molecular formula is C54H35N3O2S. The minimum absolute atomic E-state index is 0.239. The van der Waals surface area contributed by atoms with Gasteiger partial charge in [-0.15, -0.1) is 0 Å². The number of benzene rings is 9. The molecule has 0 aliphatic rings. The van der Waals surface area contributed by atoms with Crippen molar-refractivity contribution in [1.82, 2.24) is 13.1 Å². The molecule has 0 bridgehead atoms. The average molecular weight is 790 g/mol. The van der Waals surface area contributed by atoms with Crippen LogP contribution in [-0.4, -0.2) is 21.5 Å². The van der Waals surface area contributed by atoms with Gasteiger partial charge in [-0.25, -0.2) is 12.4 Å². The predicted molar refractivity (Wildman–Crippen MR) is 248 cm³/mol. The van der Waals surface area contributed by atoms with E-state index in [1.807, 2.05) is 30.3 Å². The van der Waals surface area contributed by atoms with Crippen molar-refractivity contribution in [2.24, 2.45) is 0 Å². The third-order valence-electron chi connectivity index (χ3n) is 12.0. The molecule has 12 aromatic rings. The number of aromatic nitrogens is 3. The van der Waals surface area contributed by atoms with Crippen molar-refractivity contribution in [3.8, 4) is 33.6 Å². The van der Waals surface area contributed by atoms with Gasteiger partial charge in [-0.3, -0.25) is 0 Å². The molecule has 0 radical (unpaired) electrons. The molecule has 3 aromatic heterocycles. The lowest BCUT2D eigenvalue weighted by molar-refractivity contribution is 0.590. The normalized spacial score (nSPS) is 12.1. The van der Waals surface area contributed by atoms with Crippen LogP contribution in [-0.2, 0) is 10.0 Å². The molecule has 0 fully saturated rings. The Kier molecular flexibility index (Phi) is 7.55. The van der Waals surface area contributed by atoms with Gasteiger partial charge in [-0.1, -0.05) is 140 Å². The predicted octanol–water partition coefficient (Wildman–Crippen LogP) is 13.6. The van der Waals surface area contributed by atoms with Gasteiger partial charge in [-0.05, 0) is 95.1 Å². The summed E-state index contributed by atoms with van der Waals surface area (Å²) in [7, 11) is -3.99. The molecule has 0 saturated carbocycles. The maximum atomic E-state index is 14.7. The van der Waals surface area contributed by atoms with Crippen LogP contribution in [0.5, 0.6) is 0 Å². The average Bonchev–Trinajstić information content (AvgIpc) is 3.94. The lowest BCUT2D eigenvalue weighted by atomic mass is 10.0. The lowest BCUT2D eigenvalue weighted by Crippen LogP contribution is -2.12. The van der Waals surface area contributed by atoms with Crippen molar-refractivity contribution in [3.05, 3.63) is 212 Å². The zero-order valence-electron chi connectivity index (χ0n) is 32.3. The molecule has 0 N–H and O–H groups in total. The molecule has 3 heterocycles. The number of nitrogens with zero attached hydrogens (tertiary/aromatic N) is 3. The van der Waals surface area contributed by atoms with Crippen molar-refractivity contribution in [3.63, 3.8) is 0 Å². The Bertz CT molecular complexity index is 3560. The molecule has 6 heteroatoms. The summed E-state index contributed by atoms with van der Waals surface area (Å²) in [6.45, 7) is 0. The Morgan fingerprint density at radius 3 is 1.15 bits per heavy atom. The van der Waals surface area contributed by atoms with Crippen LogP contribution in [0.15, 0.2) is 217 Å². The first kappa shape index (κ1) is 34.4. The summed E-state index contributed by atoms with van der Waals surface area (Å²) in [6, 6.07) is 72.4. The molecule has 9 aromatic carbocycles. The Balaban J connectivity index is 1.15. The summed E-state index contributed by atoms with van der Waals surface area (Å²) in [5.74, 6) is 0. The second kappa shape index (κ2) is 13.2. The Morgan fingerprint density at radius 2 is 0.683 bits per heavy atom. The Labute approximate surface area is 346 Å². The van der Waals surface area contributed by atoms with Crippen LogP contribution >= 0.6 is 0 Å². The van der Waals surface area contributed by atoms with Crippen LogP contribution in [0.1, 0.15) is 0 Å². The first-order valence-corrected chi connectivity index (χ1v) is 21.5. The maximum absolute atomic E-state index is 14.7. The molecule has 0 unspecified atom stereocenters. The molecule has 0 spiro atoms. The van der Waals surface area contributed by atoms with Gasteiger partial charge in [-0.2, -0.15) is 0 Å². The van der Waals surface area contributed by atoms with E-state index in [1.54, 1.807) is 24.3 Å². The summed E-state index contributed by atoms with van der Waals surface area (Å²) in [5.41, 5.74) is 12.0. The number of fused-ring (bicyclic) bond motifs is 9. The van der Waals surface area contributed by atoms with Crippen LogP contribution in [0.2, 0.25) is 0 Å². The topological polar surface area (TPSA) is 48.9 Å². The van der Waals surface area contributed by atoms with E-state index >= 15 is 0 Å². The highest BCUT2D eigenvalue weighted by molar-refractivity contribution is 7.90. The van der Waals surface area contributed by atoms with Crippen molar-refractivity contribution in [2.75, 3.05) is 0 Å². The summed E-state index contributed by atoms with van der Waals surface area (Å²) in [6.07, 6.45) is 0. The van der Waals surface area contributed by atoms with E-state index in [0.717, 1.165) is 88.0 Å². The van der Waals surface area contributed by atoms with Crippen molar-refractivity contribution in [2.45, 2.75) is 4.90 Å². The zero-order valence-corrected chi connectivity index (χ0v) is 33.1. The molecule has 0 amide bonds. The molecule has 12 rings (SSSR count). The van der Waals surface area contributed by atoms with Crippen LogP contribution in [0.3, 0.4) is 0 Å². The van der Waals surface area contributed by atoms with E-state index < -0.39 is 10.0 Å². The van der Waals surface area contributed by atoms with Crippen LogP contribution in [0.4, 0.5) is 0 Å². The Morgan fingerprint density at radius 1 is 0.283 bits per heavy atom. The minimum Gasteiger partial charge on any atom is -0.309 e. The van der Waals surface area contributed by atoms with Crippen molar-refractivity contribution >= 4 is 75.4 Å². The van der Waals surface area contributed by atoms with E-state index in [-0.39, 0.29) is 4.90 Å². The van der Waals surface area contributed by atoms with Crippen molar-refractivity contribution in [1.29, 1.82) is 0 Å². The summed E-state index contributed by atoms with van der Waals surface area (Å²) in [4.78, 5) is 0.239. The fourth-order valence-electron chi connectivity index (χ4n) is 9.32. The van der Waals surface area contributed by atoms with Gasteiger partial charge in [0.15, 0.2) is 0 Å². The van der Waals surface area contributed by atoms with Crippen LogP contribution < -0.4 is 0 Å². The summed E-state index contributed by atoms with van der Waals surface area (Å²) in [5, 5.41) is 6.32. The highest BCUT2D eigenvalue weighted by atomic mass is 32.2. The first-order chi connectivity index (χ1) is 29.5. The van der Waals surface area contributed by atoms with Crippen LogP contribution in [0, 0.1) is 0 Å². The van der Waals surface area contributed by atoms with Crippen molar-refractivity contribution < 1.29 is 8.42 Å². The van der Waals surface area contributed by atoms with Gasteiger partial charge in [0.05, 0.1) is 38.0 Å². The standard InChI is InChI=1S/C54H35N3O2S/c58-60(59,42-18-8-3-9-19-42)57-51-30-26-40(55-49-22-12-10-20-43(49)45-28-24-38(32-53(45)55)36-14-4-1-5-15-36)34-47(51)48-35-41(27-31-52(48)57)56-50-23-13-11-21-44(50)46-29-25-39(33-54(46)56)37-16-6-2-7-17-37/h1-35H. The number of hydrogen-bond donors (Lipinski definition) is 0. The molecule has 284 valence electrons. The molecule has 0 atom stereocenters. The lowest BCUT2D eigenvalue weighted by Gasteiger charge is -2.12. The van der Waals surface area contributed by atoms with E-state index in [9.17, 15) is 8.42 Å². The van der Waals surface area contributed by atoms with E-state index in [1.165, 1.54) is 3.97 Å². The SMILES string of the molecule is O=S(=O)(c1ccccc1)n1c2ccc(-n3c4ccccc4c4ccc(-c5ccccc5)cc43)cc2c2cc(-n3c4ccccc4c4ccc(-c5ccccc5)cc43)ccc21. The molecule has 0 aliphatic heterocycles. The molecule has 0 saturated heterocycles. The monoisotopic (exact) mass is 789 g/mol. The third-order valence-corrected chi connectivity index (χ3v) is 13.8. The molecule has 60 heavy (non-hydrogen) atoms. The summed E-state index contributed by atoms with van der Waals surface area (Å²) >= 11 is 0. The van der Waals surface area contributed by atoms with E-state index in [2.05, 4.69) is 167 Å². The smallest absolute Gasteiger partial charge is 0.268 e. The quantitative estimate of drug-likeness (QED) is 0.168. The van der Waals surface area contributed by atoms with Gasteiger partial charge in [0, 0.05) is 43.7 Å². The van der Waals surface area contributed by atoms with Gasteiger partial charge in [0.1, 0.15) is 0 Å². The largest absolute Gasteiger partial charge is 0.309 e. The first-order valence-electron chi connectivity index (χ1n) is 20.1. The minimum atomic E-state index is -3.99. The molecular weight excluding hydrogens is 755 g/mol. The van der Waals surface area contributed by atoms with Crippen LogP contribution in [0.25, 0.3) is 99.0 Å². The van der Waals surface area contributed by atoms with Gasteiger partial charge in [0.25, 0.3) is 10.0 Å². The number of hydrogen-bond acceptors (Lipinski definition) is 2. The Hall–Kier alpha value is -7.67. The number of para-hydroxylation sites is 2. The zero-order chi connectivity index (χ0) is 40.0. The van der Waals surface area contributed by atoms with Gasteiger partial charge < -0.3 is 9.13 Å². The maximum Gasteiger partial charge on any atom is 0.268 e. The fourth-order valence-corrected chi connectivity index (χ4v) is 10.9. The highest BCUT2D eigenvalue weighted by Crippen LogP contribution is 2.41. The molecule has 5 nitrogen and oxygen atoms in total. The van der Waals surface area contributed by atoms with E-state index in [4.69, 9.17) is 0 Å². The second-order valence-electron chi connectivity index (χ2n) is 15.4. The fraction of sp³-hybridized carbons (Fsp3) is 0.